The van der Waals surface area contributed by atoms with Gasteiger partial charge >= 0.3 is 0 Å². The van der Waals surface area contributed by atoms with Gasteiger partial charge in [-0.25, -0.2) is 0 Å². The van der Waals surface area contributed by atoms with Crippen LogP contribution in [0.5, 0.6) is 0 Å². The molecule has 0 saturated heterocycles. The maximum atomic E-state index is 11.9. The van der Waals surface area contributed by atoms with E-state index in [1.807, 2.05) is 48.2 Å². The number of benzene rings is 2. The quantitative estimate of drug-likeness (QED) is 0.509. The summed E-state index contributed by atoms with van der Waals surface area (Å²) in [7, 11) is 0. The first-order valence-electron chi connectivity index (χ1n) is 9.92. The molecule has 3 rings (SSSR count). The van der Waals surface area contributed by atoms with Crippen LogP contribution in [0, 0.1) is 0 Å². The van der Waals surface area contributed by atoms with Crippen molar-refractivity contribution in [2.75, 3.05) is 13.1 Å². The van der Waals surface area contributed by atoms with Crippen LogP contribution in [0.3, 0.4) is 0 Å². The van der Waals surface area contributed by atoms with Gasteiger partial charge in [-0.1, -0.05) is 68.0 Å². The topological polar surface area (TPSA) is 40.5 Å². The van der Waals surface area contributed by atoms with E-state index in [9.17, 15) is 9.90 Å². The molecule has 0 aliphatic heterocycles. The molecule has 0 heterocycles. The minimum Gasteiger partial charge on any atom is -0.380 e. The van der Waals surface area contributed by atoms with Gasteiger partial charge in [-0.15, -0.1) is 6.58 Å². The van der Waals surface area contributed by atoms with Crippen molar-refractivity contribution in [1.82, 2.24) is 4.90 Å². The summed E-state index contributed by atoms with van der Waals surface area (Å²) >= 11 is 0. The smallest absolute Gasteiger partial charge is 0.222 e. The molecule has 0 spiro atoms. The standard InChI is InChI=1S/C24H29NO2/c1-3-17-25(23(26)4-2)18-11-5-10-16-24(27)21-14-8-6-12-19(21)20-13-7-9-15-22(20)24/h3,6-9,12-15,27H,1,4-5,10-11,16-18H2,2H3. The van der Waals surface area contributed by atoms with Crippen LogP contribution in [-0.4, -0.2) is 29.0 Å². The molecule has 27 heavy (non-hydrogen) atoms. The number of nitrogens with zero attached hydrogens (tertiary/aromatic N) is 1. The van der Waals surface area contributed by atoms with E-state index in [-0.39, 0.29) is 5.91 Å². The minimum absolute atomic E-state index is 0.173. The lowest BCUT2D eigenvalue weighted by atomic mass is 9.86. The summed E-state index contributed by atoms with van der Waals surface area (Å²) in [5.41, 5.74) is 3.40. The van der Waals surface area contributed by atoms with E-state index < -0.39 is 5.60 Å². The molecule has 142 valence electrons. The molecule has 2 aromatic rings. The van der Waals surface area contributed by atoms with Crippen LogP contribution in [0.4, 0.5) is 0 Å². The lowest BCUT2D eigenvalue weighted by molar-refractivity contribution is -0.130. The van der Waals surface area contributed by atoms with Crippen molar-refractivity contribution in [3.63, 3.8) is 0 Å². The van der Waals surface area contributed by atoms with Gasteiger partial charge in [0.2, 0.25) is 5.91 Å². The Morgan fingerprint density at radius 1 is 1.04 bits per heavy atom. The predicted octanol–water partition coefficient (Wildman–Crippen LogP) is 4.89. The van der Waals surface area contributed by atoms with Crippen LogP contribution in [0.15, 0.2) is 61.2 Å². The molecule has 0 atom stereocenters. The highest BCUT2D eigenvalue weighted by molar-refractivity contribution is 5.80. The lowest BCUT2D eigenvalue weighted by Crippen LogP contribution is -2.31. The van der Waals surface area contributed by atoms with Crippen molar-refractivity contribution < 1.29 is 9.90 Å². The molecule has 1 amide bonds. The zero-order valence-electron chi connectivity index (χ0n) is 16.2. The third-order valence-electron chi connectivity index (χ3n) is 5.51. The second kappa shape index (κ2) is 8.53. The first-order chi connectivity index (χ1) is 13.1. The fraction of sp³-hybridized carbons (Fsp3) is 0.375. The van der Waals surface area contributed by atoms with Crippen LogP contribution >= 0.6 is 0 Å². The van der Waals surface area contributed by atoms with Gasteiger partial charge in [-0.05, 0) is 41.5 Å². The van der Waals surface area contributed by atoms with Crippen molar-refractivity contribution in [2.24, 2.45) is 0 Å². The highest BCUT2D eigenvalue weighted by Gasteiger charge is 2.40. The molecule has 3 heteroatoms. The summed E-state index contributed by atoms with van der Waals surface area (Å²) < 4.78 is 0. The molecule has 0 aromatic heterocycles. The first kappa shape index (κ1) is 19.4. The Balaban J connectivity index is 1.63. The van der Waals surface area contributed by atoms with Gasteiger partial charge < -0.3 is 10.0 Å². The van der Waals surface area contributed by atoms with Crippen LogP contribution < -0.4 is 0 Å². The van der Waals surface area contributed by atoms with Crippen LogP contribution in [-0.2, 0) is 10.4 Å². The van der Waals surface area contributed by atoms with Crippen molar-refractivity contribution in [2.45, 2.75) is 44.6 Å². The fourth-order valence-corrected chi connectivity index (χ4v) is 4.13. The van der Waals surface area contributed by atoms with Gasteiger partial charge in [0.15, 0.2) is 0 Å². The molecule has 1 aliphatic carbocycles. The molecule has 1 aliphatic rings. The second-order valence-corrected chi connectivity index (χ2v) is 7.24. The van der Waals surface area contributed by atoms with Gasteiger partial charge in [0.05, 0.1) is 0 Å². The maximum Gasteiger partial charge on any atom is 0.222 e. The molecule has 0 saturated carbocycles. The second-order valence-electron chi connectivity index (χ2n) is 7.24. The number of rotatable bonds is 9. The summed E-state index contributed by atoms with van der Waals surface area (Å²) in [5, 5.41) is 11.5. The van der Waals surface area contributed by atoms with Crippen molar-refractivity contribution in [1.29, 1.82) is 0 Å². The molecule has 2 aromatic carbocycles. The van der Waals surface area contributed by atoms with E-state index in [0.29, 0.717) is 19.4 Å². The molecule has 3 nitrogen and oxygen atoms in total. The predicted molar refractivity (Wildman–Crippen MR) is 110 cm³/mol. The average molecular weight is 364 g/mol. The summed E-state index contributed by atoms with van der Waals surface area (Å²) in [5.74, 6) is 0.173. The highest BCUT2D eigenvalue weighted by atomic mass is 16.3. The zero-order valence-corrected chi connectivity index (χ0v) is 16.2. The van der Waals surface area contributed by atoms with Crippen molar-refractivity contribution in [3.05, 3.63) is 72.3 Å². The van der Waals surface area contributed by atoms with Crippen molar-refractivity contribution >= 4 is 5.91 Å². The highest BCUT2D eigenvalue weighted by Crippen LogP contribution is 2.49. The summed E-state index contributed by atoms with van der Waals surface area (Å²) in [6.45, 7) is 6.99. The molecular formula is C24H29NO2. The number of amides is 1. The Bertz CT molecular complexity index is 766. The number of hydrogen-bond donors (Lipinski definition) is 1. The van der Waals surface area contributed by atoms with E-state index in [1.54, 1.807) is 6.08 Å². The monoisotopic (exact) mass is 363 g/mol. The van der Waals surface area contributed by atoms with Crippen LogP contribution in [0.25, 0.3) is 11.1 Å². The lowest BCUT2D eigenvalue weighted by Gasteiger charge is -2.26. The Morgan fingerprint density at radius 3 is 2.19 bits per heavy atom. The molecular weight excluding hydrogens is 334 g/mol. The number of carbonyl (C=O) groups excluding carboxylic acids is 1. The fourth-order valence-electron chi connectivity index (χ4n) is 4.13. The van der Waals surface area contributed by atoms with Gasteiger partial charge in [0.25, 0.3) is 0 Å². The molecule has 0 fully saturated rings. The molecule has 0 radical (unpaired) electrons. The van der Waals surface area contributed by atoms with Gasteiger partial charge in [0.1, 0.15) is 5.60 Å². The Morgan fingerprint density at radius 2 is 1.63 bits per heavy atom. The summed E-state index contributed by atoms with van der Waals surface area (Å²) in [6, 6.07) is 16.3. The number of unbranched alkanes of at least 4 members (excludes halogenated alkanes) is 2. The van der Waals surface area contributed by atoms with E-state index >= 15 is 0 Å². The molecule has 0 unspecified atom stereocenters. The first-order valence-corrected chi connectivity index (χ1v) is 9.92. The number of carbonyl (C=O) groups is 1. The van der Waals surface area contributed by atoms with E-state index in [0.717, 1.165) is 48.1 Å². The Hall–Kier alpha value is -2.39. The summed E-state index contributed by atoms with van der Waals surface area (Å²) in [4.78, 5) is 13.8. The van der Waals surface area contributed by atoms with E-state index in [4.69, 9.17) is 0 Å². The van der Waals surface area contributed by atoms with Crippen LogP contribution in [0.1, 0.15) is 50.2 Å². The maximum absolute atomic E-state index is 11.9. The van der Waals surface area contributed by atoms with E-state index in [2.05, 4.69) is 18.7 Å². The average Bonchev–Trinajstić information content (AvgIpc) is 2.96. The van der Waals surface area contributed by atoms with Crippen LogP contribution in [0.2, 0.25) is 0 Å². The largest absolute Gasteiger partial charge is 0.380 e. The zero-order chi connectivity index (χ0) is 19.3. The van der Waals surface area contributed by atoms with Gasteiger partial charge in [-0.2, -0.15) is 0 Å². The van der Waals surface area contributed by atoms with Crippen molar-refractivity contribution in [3.8, 4) is 11.1 Å². The molecule has 0 bridgehead atoms. The third-order valence-corrected chi connectivity index (χ3v) is 5.51. The number of hydrogen-bond acceptors (Lipinski definition) is 2. The van der Waals surface area contributed by atoms with E-state index in [1.165, 1.54) is 0 Å². The Labute approximate surface area is 162 Å². The Kier molecular flexibility index (Phi) is 6.12. The SMILES string of the molecule is C=CCN(CCCCCC1(O)c2ccccc2-c2ccccc21)C(=O)CC. The number of aliphatic hydroxyl groups is 1. The molecule has 1 N–H and O–H groups in total. The van der Waals surface area contributed by atoms with Gasteiger partial charge in [-0.3, -0.25) is 4.79 Å². The minimum atomic E-state index is -0.909. The number of fused-ring (bicyclic) bond motifs is 3. The normalized spacial score (nSPS) is 13.7. The summed E-state index contributed by atoms with van der Waals surface area (Å²) in [6.07, 6.45) is 5.85. The van der Waals surface area contributed by atoms with Gasteiger partial charge in [0, 0.05) is 19.5 Å². The third kappa shape index (κ3) is 3.84.